The average Bonchev–Trinajstić information content (AvgIpc) is 2.37. The highest BCUT2D eigenvalue weighted by molar-refractivity contribution is 6.33. The molecule has 19 heavy (non-hydrogen) atoms. The van der Waals surface area contributed by atoms with Crippen LogP contribution in [0, 0.1) is 11.6 Å². The summed E-state index contributed by atoms with van der Waals surface area (Å²) >= 11 is 5.84. The Bertz CT molecular complexity index is 599. The maximum absolute atomic E-state index is 13.3. The first-order valence-electron chi connectivity index (χ1n) is 5.34. The topological polar surface area (TPSA) is 41.1 Å². The minimum absolute atomic E-state index is 0.326. The van der Waals surface area contributed by atoms with Gasteiger partial charge in [-0.3, -0.25) is 0 Å². The molecule has 0 fully saturated rings. The van der Waals surface area contributed by atoms with E-state index >= 15 is 0 Å². The number of halogens is 3. The summed E-state index contributed by atoms with van der Waals surface area (Å²) < 4.78 is 26.6. The zero-order valence-electron chi connectivity index (χ0n) is 9.58. The Labute approximate surface area is 113 Å². The van der Waals surface area contributed by atoms with Crippen LogP contribution in [-0.4, -0.2) is 6.03 Å². The van der Waals surface area contributed by atoms with Gasteiger partial charge in [0.1, 0.15) is 17.3 Å². The van der Waals surface area contributed by atoms with Crippen LogP contribution in [0.1, 0.15) is 0 Å². The maximum Gasteiger partial charge on any atom is 0.323 e. The van der Waals surface area contributed by atoms with E-state index in [1.165, 1.54) is 6.07 Å². The van der Waals surface area contributed by atoms with E-state index in [4.69, 9.17) is 11.6 Å². The van der Waals surface area contributed by atoms with Crippen LogP contribution in [0.4, 0.5) is 25.0 Å². The molecule has 0 radical (unpaired) electrons. The monoisotopic (exact) mass is 282 g/mol. The number of hydrogen-bond acceptors (Lipinski definition) is 1. The Morgan fingerprint density at radius 2 is 1.58 bits per heavy atom. The highest BCUT2D eigenvalue weighted by atomic mass is 35.5. The number of anilines is 2. The molecule has 2 aromatic carbocycles. The molecule has 0 saturated carbocycles. The fourth-order valence-electron chi connectivity index (χ4n) is 1.45. The lowest BCUT2D eigenvalue weighted by Gasteiger charge is -2.10. The predicted molar refractivity (Wildman–Crippen MR) is 70.5 cm³/mol. The molecule has 2 rings (SSSR count). The Kier molecular flexibility index (Phi) is 3.97. The summed E-state index contributed by atoms with van der Waals surface area (Å²) in [5, 5.41) is 4.82. The summed E-state index contributed by atoms with van der Waals surface area (Å²) in [7, 11) is 0. The van der Waals surface area contributed by atoms with Gasteiger partial charge in [-0.2, -0.15) is 0 Å². The van der Waals surface area contributed by atoms with Crippen molar-refractivity contribution in [3.8, 4) is 0 Å². The van der Waals surface area contributed by atoms with Gasteiger partial charge in [0.2, 0.25) is 0 Å². The van der Waals surface area contributed by atoms with Crippen LogP contribution in [0.25, 0.3) is 0 Å². The molecule has 0 aliphatic rings. The summed E-state index contributed by atoms with van der Waals surface area (Å²) in [6.45, 7) is 0. The van der Waals surface area contributed by atoms with Gasteiger partial charge in [-0.1, -0.05) is 29.8 Å². The minimum Gasteiger partial charge on any atom is -0.306 e. The molecule has 0 heterocycles. The number of benzene rings is 2. The first-order valence-corrected chi connectivity index (χ1v) is 5.72. The zero-order valence-corrected chi connectivity index (χ0v) is 10.3. The van der Waals surface area contributed by atoms with Crippen LogP contribution in [-0.2, 0) is 0 Å². The summed E-state index contributed by atoms with van der Waals surface area (Å²) in [6, 6.07) is 9.05. The Morgan fingerprint density at radius 3 is 2.21 bits per heavy atom. The van der Waals surface area contributed by atoms with Gasteiger partial charge >= 0.3 is 6.03 Å². The van der Waals surface area contributed by atoms with Gasteiger partial charge in [0.05, 0.1) is 10.7 Å². The lowest BCUT2D eigenvalue weighted by atomic mass is 10.3. The smallest absolute Gasteiger partial charge is 0.306 e. The summed E-state index contributed by atoms with van der Waals surface area (Å²) in [6.07, 6.45) is 0. The molecule has 6 heteroatoms. The van der Waals surface area contributed by atoms with Crippen LogP contribution < -0.4 is 10.6 Å². The van der Waals surface area contributed by atoms with Crippen molar-refractivity contribution < 1.29 is 13.6 Å². The van der Waals surface area contributed by atoms with E-state index in [2.05, 4.69) is 10.6 Å². The van der Waals surface area contributed by atoms with Gasteiger partial charge in [0.25, 0.3) is 0 Å². The summed E-state index contributed by atoms with van der Waals surface area (Å²) in [4.78, 5) is 11.6. The number of carbonyl (C=O) groups excluding carboxylic acids is 1. The van der Waals surface area contributed by atoms with Crippen LogP contribution in [0.5, 0.6) is 0 Å². The third-order valence-electron chi connectivity index (χ3n) is 2.32. The lowest BCUT2D eigenvalue weighted by Crippen LogP contribution is -2.21. The van der Waals surface area contributed by atoms with Crippen molar-refractivity contribution in [1.82, 2.24) is 0 Å². The molecular formula is C13H9ClF2N2O. The van der Waals surface area contributed by atoms with Gasteiger partial charge in [-0.15, -0.1) is 0 Å². The largest absolute Gasteiger partial charge is 0.323 e. The molecule has 0 unspecified atom stereocenters. The van der Waals surface area contributed by atoms with E-state index in [-0.39, 0.29) is 0 Å². The number of amides is 2. The first-order chi connectivity index (χ1) is 9.08. The van der Waals surface area contributed by atoms with Gasteiger partial charge in [-0.05, 0) is 24.3 Å². The fourth-order valence-corrected chi connectivity index (χ4v) is 1.63. The van der Waals surface area contributed by atoms with E-state index in [1.807, 2.05) is 0 Å². The van der Waals surface area contributed by atoms with Gasteiger partial charge in [0.15, 0.2) is 0 Å². The number of para-hydroxylation sites is 2. The van der Waals surface area contributed by atoms with Crippen molar-refractivity contribution in [2.45, 2.75) is 0 Å². The normalized spacial score (nSPS) is 10.1. The van der Waals surface area contributed by atoms with E-state index in [9.17, 15) is 13.6 Å². The van der Waals surface area contributed by atoms with Crippen LogP contribution in [0.15, 0.2) is 42.5 Å². The highest BCUT2D eigenvalue weighted by Gasteiger charge is 2.12. The number of hydrogen-bond donors (Lipinski definition) is 2. The number of carbonyl (C=O) groups is 1. The van der Waals surface area contributed by atoms with E-state index in [0.717, 1.165) is 12.1 Å². The lowest BCUT2D eigenvalue weighted by molar-refractivity contribution is 0.262. The summed E-state index contributed by atoms with van der Waals surface area (Å²) in [5.41, 5.74) is -0.162. The second-order valence-corrected chi connectivity index (χ2v) is 4.06. The number of rotatable bonds is 2. The average molecular weight is 283 g/mol. The van der Waals surface area contributed by atoms with Gasteiger partial charge in [0, 0.05) is 0 Å². The van der Waals surface area contributed by atoms with Crippen molar-refractivity contribution in [2.75, 3.05) is 10.6 Å². The molecule has 0 aliphatic heterocycles. The van der Waals surface area contributed by atoms with Crippen LogP contribution in [0.2, 0.25) is 5.02 Å². The molecule has 0 aliphatic carbocycles. The van der Waals surface area contributed by atoms with E-state index < -0.39 is 23.4 Å². The van der Waals surface area contributed by atoms with Crippen molar-refractivity contribution >= 4 is 29.0 Å². The van der Waals surface area contributed by atoms with Gasteiger partial charge in [-0.25, -0.2) is 13.6 Å². The zero-order chi connectivity index (χ0) is 13.8. The molecular weight excluding hydrogens is 274 g/mol. The number of urea groups is 1. The molecule has 0 atom stereocenters. The quantitative estimate of drug-likeness (QED) is 0.849. The molecule has 0 aromatic heterocycles. The van der Waals surface area contributed by atoms with Crippen molar-refractivity contribution in [3.63, 3.8) is 0 Å². The van der Waals surface area contributed by atoms with E-state index in [1.54, 1.807) is 24.3 Å². The van der Waals surface area contributed by atoms with Gasteiger partial charge < -0.3 is 10.6 Å². The molecule has 2 aromatic rings. The third kappa shape index (κ3) is 3.20. The highest BCUT2D eigenvalue weighted by Crippen LogP contribution is 2.22. The predicted octanol–water partition coefficient (Wildman–Crippen LogP) is 4.26. The molecule has 0 saturated heterocycles. The Hall–Kier alpha value is -2.14. The van der Waals surface area contributed by atoms with Crippen LogP contribution >= 0.6 is 11.6 Å². The first kappa shape index (κ1) is 13.3. The second kappa shape index (κ2) is 5.67. The second-order valence-electron chi connectivity index (χ2n) is 3.66. The van der Waals surface area contributed by atoms with Crippen molar-refractivity contribution in [1.29, 1.82) is 0 Å². The maximum atomic E-state index is 13.3. The van der Waals surface area contributed by atoms with Crippen molar-refractivity contribution in [2.24, 2.45) is 0 Å². The molecule has 0 bridgehead atoms. The minimum atomic E-state index is -0.852. The molecule has 3 nitrogen and oxygen atoms in total. The molecule has 0 spiro atoms. The molecule has 98 valence electrons. The standard InChI is InChI=1S/C13H9ClF2N2O/c14-8-4-1-2-7-11(8)17-13(19)18-12-9(15)5-3-6-10(12)16/h1-7H,(H2,17,18,19). The molecule has 2 N–H and O–H groups in total. The fraction of sp³-hybridized carbons (Fsp3) is 0. The summed E-state index contributed by atoms with van der Waals surface area (Å²) in [5.74, 6) is -1.70. The Morgan fingerprint density at radius 1 is 0.947 bits per heavy atom. The molecule has 2 amide bonds. The van der Waals surface area contributed by atoms with Crippen molar-refractivity contribution in [3.05, 3.63) is 59.1 Å². The number of nitrogens with one attached hydrogen (secondary N) is 2. The Balaban J connectivity index is 2.12. The third-order valence-corrected chi connectivity index (χ3v) is 2.65. The van der Waals surface area contributed by atoms with E-state index in [0.29, 0.717) is 10.7 Å². The SMILES string of the molecule is O=C(Nc1ccccc1Cl)Nc1c(F)cccc1F. The van der Waals surface area contributed by atoms with Crippen LogP contribution in [0.3, 0.4) is 0 Å².